The highest BCUT2D eigenvalue weighted by atomic mass is 79.9. The van der Waals surface area contributed by atoms with Crippen molar-refractivity contribution in [3.63, 3.8) is 0 Å². The van der Waals surface area contributed by atoms with Gasteiger partial charge in [-0.15, -0.1) is 0 Å². The number of nitrogens with zero attached hydrogens (tertiary/aromatic N) is 2. The van der Waals surface area contributed by atoms with Crippen molar-refractivity contribution < 1.29 is 14.3 Å². The normalized spacial score (nSPS) is 23.6. The molecular weight excluding hydrogens is 594 g/mol. The minimum absolute atomic E-state index is 0.110. The maximum atomic E-state index is 12.8. The predicted octanol–water partition coefficient (Wildman–Crippen LogP) is 6.92. The van der Waals surface area contributed by atoms with E-state index in [9.17, 15) is 4.79 Å². The van der Waals surface area contributed by atoms with E-state index in [2.05, 4.69) is 43.2 Å². The van der Waals surface area contributed by atoms with Gasteiger partial charge in [0.15, 0.2) is 0 Å². The van der Waals surface area contributed by atoms with Crippen LogP contribution >= 0.6 is 43.6 Å². The molecule has 1 saturated heterocycles. The van der Waals surface area contributed by atoms with Crippen LogP contribution in [0.5, 0.6) is 11.5 Å². The maximum absolute atomic E-state index is 12.8. The van der Waals surface area contributed by atoms with E-state index >= 15 is 0 Å². The Bertz CT molecular complexity index is 1390. The fraction of sp³-hybridized carbons (Fsp3) is 0.154. The lowest BCUT2D eigenvalue weighted by atomic mass is 9.95. The highest BCUT2D eigenvalue weighted by Crippen LogP contribution is 2.53. The molecule has 1 spiro atoms. The fourth-order valence-electron chi connectivity index (χ4n) is 4.56. The van der Waals surface area contributed by atoms with E-state index in [4.69, 9.17) is 14.6 Å². The number of nitrogens with one attached hydrogen (secondary N) is 1. The molecule has 3 aromatic carbocycles. The molecule has 1 amide bonds. The summed E-state index contributed by atoms with van der Waals surface area (Å²) in [7, 11) is 1.65. The molecule has 3 aliphatic rings. The van der Waals surface area contributed by atoms with Gasteiger partial charge in [0, 0.05) is 20.9 Å². The van der Waals surface area contributed by atoms with Gasteiger partial charge in [-0.3, -0.25) is 10.1 Å². The molecule has 0 aromatic heterocycles. The van der Waals surface area contributed by atoms with Gasteiger partial charge in [-0.2, -0.15) is 5.10 Å². The molecule has 9 heteroatoms. The molecule has 3 aromatic rings. The molecule has 176 valence electrons. The average molecular weight is 613 g/mol. The number of halogens is 2. The zero-order valence-corrected chi connectivity index (χ0v) is 22.5. The number of fused-ring (bicyclic) bond motifs is 4. The minimum Gasteiger partial charge on any atom is -0.497 e. The fourth-order valence-corrected chi connectivity index (χ4v) is 6.11. The first kappa shape index (κ1) is 22.7. The number of hydrazone groups is 1. The summed E-state index contributed by atoms with van der Waals surface area (Å²) in [5, 5.41) is 9.84. The second-order valence-corrected chi connectivity index (χ2v) is 11.2. The number of hydrogen-bond donors (Lipinski definition) is 1. The molecule has 35 heavy (non-hydrogen) atoms. The zero-order valence-electron chi connectivity index (χ0n) is 18.5. The Hall–Kier alpha value is -2.75. The highest BCUT2D eigenvalue weighted by molar-refractivity contribution is 9.10. The number of benzene rings is 3. The molecule has 0 unspecified atom stereocenters. The number of rotatable bonds is 3. The predicted molar refractivity (Wildman–Crippen MR) is 144 cm³/mol. The SMILES string of the molecule is COc1ccc(C2=NN3[C@@H](C2)c2cc(Br)ccc2O[C@]32NC(=O)S/C2=C\c2ccc(Br)cc2)cc1. The summed E-state index contributed by atoms with van der Waals surface area (Å²) in [6.45, 7) is 0. The van der Waals surface area contributed by atoms with Crippen LogP contribution in [0, 0.1) is 0 Å². The number of carbonyl (C=O) groups excluding carboxylic acids is 1. The third kappa shape index (κ3) is 3.95. The Morgan fingerprint density at radius 1 is 1.11 bits per heavy atom. The van der Waals surface area contributed by atoms with Crippen molar-refractivity contribution >= 4 is 60.6 Å². The average Bonchev–Trinajstić information content (AvgIpc) is 3.44. The number of carbonyl (C=O) groups is 1. The molecule has 6 rings (SSSR count). The number of hydrogen-bond acceptors (Lipinski definition) is 6. The van der Waals surface area contributed by atoms with Gasteiger partial charge in [-0.25, -0.2) is 5.01 Å². The molecule has 0 aliphatic carbocycles. The summed E-state index contributed by atoms with van der Waals surface area (Å²) in [6, 6.07) is 21.6. The smallest absolute Gasteiger partial charge is 0.314 e. The standard InChI is InChI=1S/C26H19Br2N3O3S/c1-33-19-9-4-16(5-10-19)21-14-22-20-13-18(28)8-11-23(20)34-26(31(22)30-21)24(35-25(32)29-26)12-15-2-6-17(27)7-3-15/h2-13,22H,14H2,1H3,(H,29,32)/b24-12-/t22-,26+/m0/s1. The molecule has 3 heterocycles. The summed E-state index contributed by atoms with van der Waals surface area (Å²) in [4.78, 5) is 13.5. The Kier molecular flexibility index (Phi) is 5.66. The number of methoxy groups -OCH3 is 1. The lowest BCUT2D eigenvalue weighted by Gasteiger charge is -2.45. The van der Waals surface area contributed by atoms with Crippen LogP contribution in [0.3, 0.4) is 0 Å². The van der Waals surface area contributed by atoms with E-state index in [1.165, 1.54) is 0 Å². The molecular formula is C26H19Br2N3O3S. The zero-order chi connectivity index (χ0) is 24.2. The van der Waals surface area contributed by atoms with Gasteiger partial charge in [0.1, 0.15) is 11.5 Å². The molecule has 1 fully saturated rings. The van der Waals surface area contributed by atoms with Crippen LogP contribution in [-0.4, -0.2) is 28.9 Å². The third-order valence-corrected chi connectivity index (χ3v) is 8.14. The highest BCUT2D eigenvalue weighted by Gasteiger charge is 2.58. The van der Waals surface area contributed by atoms with Crippen molar-refractivity contribution in [1.29, 1.82) is 0 Å². The first-order valence-electron chi connectivity index (χ1n) is 10.9. The van der Waals surface area contributed by atoms with E-state index < -0.39 is 5.85 Å². The van der Waals surface area contributed by atoms with Gasteiger partial charge in [-0.1, -0.05) is 44.0 Å². The van der Waals surface area contributed by atoms with E-state index in [-0.39, 0.29) is 11.3 Å². The Balaban J connectivity index is 1.49. The van der Waals surface area contributed by atoms with E-state index in [0.717, 1.165) is 59.5 Å². The van der Waals surface area contributed by atoms with Gasteiger partial charge in [0.05, 0.1) is 23.8 Å². The lowest BCUT2D eigenvalue weighted by molar-refractivity contribution is -0.0949. The van der Waals surface area contributed by atoms with E-state index in [1.54, 1.807) is 7.11 Å². The van der Waals surface area contributed by atoms with Crippen LogP contribution in [0.4, 0.5) is 4.79 Å². The van der Waals surface area contributed by atoms with Crippen LogP contribution < -0.4 is 14.8 Å². The second-order valence-electron chi connectivity index (χ2n) is 8.34. The van der Waals surface area contributed by atoms with Gasteiger partial charge in [0.25, 0.3) is 5.24 Å². The molecule has 6 nitrogen and oxygen atoms in total. The molecule has 0 radical (unpaired) electrons. The van der Waals surface area contributed by atoms with Crippen molar-refractivity contribution in [2.75, 3.05) is 7.11 Å². The van der Waals surface area contributed by atoms with Gasteiger partial charge >= 0.3 is 5.85 Å². The largest absolute Gasteiger partial charge is 0.497 e. The molecule has 0 bridgehead atoms. The van der Waals surface area contributed by atoms with Crippen LogP contribution in [0.1, 0.15) is 29.2 Å². The third-order valence-electron chi connectivity index (χ3n) is 6.22. The molecule has 1 N–H and O–H groups in total. The second kappa shape index (κ2) is 8.72. The first-order valence-corrected chi connectivity index (χ1v) is 13.3. The maximum Gasteiger partial charge on any atom is 0.314 e. The summed E-state index contributed by atoms with van der Waals surface area (Å²) in [5.41, 5.74) is 3.91. The van der Waals surface area contributed by atoms with Crippen molar-refractivity contribution in [3.05, 3.63) is 97.3 Å². The monoisotopic (exact) mass is 611 g/mol. The number of ether oxygens (including phenoxy) is 2. The summed E-state index contributed by atoms with van der Waals surface area (Å²) < 4.78 is 13.9. The van der Waals surface area contributed by atoms with E-state index in [1.807, 2.05) is 71.7 Å². The van der Waals surface area contributed by atoms with Crippen molar-refractivity contribution in [2.24, 2.45) is 5.10 Å². The quantitative estimate of drug-likeness (QED) is 0.348. The number of thioether (sulfide) groups is 1. The summed E-state index contributed by atoms with van der Waals surface area (Å²) in [6.07, 6.45) is 2.66. The van der Waals surface area contributed by atoms with Crippen LogP contribution in [0.25, 0.3) is 6.08 Å². The topological polar surface area (TPSA) is 63.2 Å². The summed E-state index contributed by atoms with van der Waals surface area (Å²) in [5.74, 6) is 0.289. The minimum atomic E-state index is -1.23. The Morgan fingerprint density at radius 2 is 1.86 bits per heavy atom. The molecule has 0 saturated carbocycles. The van der Waals surface area contributed by atoms with Crippen molar-refractivity contribution in [3.8, 4) is 11.5 Å². The summed E-state index contributed by atoms with van der Waals surface area (Å²) >= 11 is 8.21. The van der Waals surface area contributed by atoms with Gasteiger partial charge in [0.2, 0.25) is 0 Å². The van der Waals surface area contributed by atoms with Crippen molar-refractivity contribution in [1.82, 2.24) is 10.3 Å². The van der Waals surface area contributed by atoms with Crippen LogP contribution in [-0.2, 0) is 0 Å². The molecule has 2 atom stereocenters. The Morgan fingerprint density at radius 3 is 2.60 bits per heavy atom. The van der Waals surface area contributed by atoms with E-state index in [0.29, 0.717) is 6.42 Å². The Labute approximate surface area is 223 Å². The lowest BCUT2D eigenvalue weighted by Crippen LogP contribution is -2.61. The van der Waals surface area contributed by atoms with Crippen molar-refractivity contribution in [2.45, 2.75) is 18.3 Å². The van der Waals surface area contributed by atoms with Crippen LogP contribution in [0.15, 0.2) is 85.7 Å². The van der Waals surface area contributed by atoms with Gasteiger partial charge in [-0.05, 0) is 83.6 Å². The first-order chi connectivity index (χ1) is 16.9. The van der Waals surface area contributed by atoms with Gasteiger partial charge < -0.3 is 9.47 Å². The van der Waals surface area contributed by atoms with Crippen LogP contribution in [0.2, 0.25) is 0 Å². The number of amides is 1. The molecule has 3 aliphatic heterocycles.